The van der Waals surface area contributed by atoms with Crippen molar-refractivity contribution in [2.75, 3.05) is 5.01 Å². The van der Waals surface area contributed by atoms with Crippen molar-refractivity contribution in [3.63, 3.8) is 0 Å². The molecule has 0 aliphatic carbocycles. The van der Waals surface area contributed by atoms with Crippen LogP contribution in [0, 0.1) is 36.2 Å². The molecule has 1 heterocycles. The molecule has 0 fully saturated rings. The number of nitrogens with zero attached hydrogens (tertiary/aromatic N) is 6. The third kappa shape index (κ3) is 5.00. The van der Waals surface area contributed by atoms with Crippen LogP contribution in [0.2, 0.25) is 0 Å². The normalized spacial score (nSPS) is 11.0. The van der Waals surface area contributed by atoms with Crippen LogP contribution in [0.15, 0.2) is 65.8 Å². The lowest BCUT2D eigenvalue weighted by Gasteiger charge is -2.13. The molecule has 4 aromatic rings. The average Bonchev–Trinajstić information content (AvgIpc) is 3.26. The van der Waals surface area contributed by atoms with E-state index in [2.05, 4.69) is 10.1 Å². The highest BCUT2D eigenvalue weighted by atomic mass is 32.1. The lowest BCUT2D eigenvalue weighted by Crippen LogP contribution is -2.25. The Bertz CT molecular complexity index is 1540. The van der Waals surface area contributed by atoms with Gasteiger partial charge in [-0.25, -0.2) is 9.37 Å². The van der Waals surface area contributed by atoms with Crippen molar-refractivity contribution in [2.45, 2.75) is 0 Å². The molecule has 13 nitrogen and oxygen atoms in total. The Morgan fingerprint density at radius 1 is 0.889 bits per heavy atom. The number of hydrazone groups is 1. The van der Waals surface area contributed by atoms with Crippen LogP contribution in [-0.4, -0.2) is 31.9 Å². The van der Waals surface area contributed by atoms with Gasteiger partial charge in [0.05, 0.1) is 42.8 Å². The fourth-order valence-electron chi connectivity index (χ4n) is 3.02. The summed E-state index contributed by atoms with van der Waals surface area (Å²) in [7, 11) is 0. The lowest BCUT2D eigenvalue weighted by molar-refractivity contribution is -0.394. The molecular weight excluding hydrogens is 499 g/mol. The molecule has 0 bridgehead atoms. The zero-order chi connectivity index (χ0) is 26.0. The molecule has 0 saturated carbocycles. The molecule has 4 rings (SSSR count). The molecule has 0 aliphatic rings. The molecule has 0 spiro atoms. The summed E-state index contributed by atoms with van der Waals surface area (Å²) < 4.78 is 14.0. The number of thiazole rings is 1. The summed E-state index contributed by atoms with van der Waals surface area (Å²) in [5.74, 6) is -1.53. The first kappa shape index (κ1) is 24.0. The Labute approximate surface area is 203 Å². The maximum atomic E-state index is 13.7. The number of halogens is 1. The maximum Gasteiger partial charge on any atom is 0.281 e. The molecule has 1 aromatic heterocycles. The van der Waals surface area contributed by atoms with Gasteiger partial charge in [0.2, 0.25) is 5.13 Å². The minimum Gasteiger partial charge on any atom is -0.267 e. The van der Waals surface area contributed by atoms with Crippen molar-refractivity contribution in [3.8, 4) is 0 Å². The number of rotatable bonds is 7. The molecule has 0 aliphatic heterocycles. The van der Waals surface area contributed by atoms with Crippen LogP contribution in [0.5, 0.6) is 0 Å². The number of hydrogen-bond acceptors (Lipinski definition) is 10. The number of carbonyl (C=O) groups excluding carboxylic acids is 1. The number of carbonyl (C=O) groups is 1. The van der Waals surface area contributed by atoms with Crippen molar-refractivity contribution < 1.29 is 24.0 Å². The summed E-state index contributed by atoms with van der Waals surface area (Å²) in [4.78, 5) is 48.7. The first-order valence-electron chi connectivity index (χ1n) is 9.75. The number of benzene rings is 3. The van der Waals surface area contributed by atoms with Crippen molar-refractivity contribution in [1.29, 1.82) is 0 Å². The molecule has 0 atom stereocenters. The van der Waals surface area contributed by atoms with Gasteiger partial charge in [0.1, 0.15) is 5.82 Å². The van der Waals surface area contributed by atoms with Gasteiger partial charge in [0.25, 0.3) is 23.0 Å². The topological polar surface area (TPSA) is 175 Å². The Hall–Kier alpha value is -5.18. The van der Waals surface area contributed by atoms with Gasteiger partial charge in [0, 0.05) is 24.3 Å². The van der Waals surface area contributed by atoms with Crippen molar-refractivity contribution >= 4 is 55.9 Å². The van der Waals surface area contributed by atoms with Gasteiger partial charge in [-0.15, -0.1) is 0 Å². The maximum absolute atomic E-state index is 13.7. The van der Waals surface area contributed by atoms with Gasteiger partial charge >= 0.3 is 0 Å². The zero-order valence-electron chi connectivity index (χ0n) is 17.7. The highest BCUT2D eigenvalue weighted by Gasteiger charge is 2.26. The van der Waals surface area contributed by atoms with E-state index >= 15 is 0 Å². The van der Waals surface area contributed by atoms with Crippen LogP contribution in [0.25, 0.3) is 10.2 Å². The van der Waals surface area contributed by atoms with Crippen LogP contribution in [-0.2, 0) is 0 Å². The van der Waals surface area contributed by atoms with E-state index in [9.17, 15) is 39.5 Å². The fourth-order valence-corrected chi connectivity index (χ4v) is 3.97. The molecule has 180 valence electrons. The lowest BCUT2D eigenvalue weighted by atomic mass is 10.1. The predicted octanol–water partition coefficient (Wildman–Crippen LogP) is 4.84. The predicted molar refractivity (Wildman–Crippen MR) is 127 cm³/mol. The molecular formula is C21H11FN6O7S. The van der Waals surface area contributed by atoms with Gasteiger partial charge < -0.3 is 0 Å². The van der Waals surface area contributed by atoms with Crippen LogP contribution < -0.4 is 5.01 Å². The SMILES string of the molecule is O=C(c1cc([N+](=O)[O-])cc([N+](=O)[O-])c1)N(/N=C/c1ccc([N+](=O)[O-])cc1)c1nc2ccc(F)cc2s1. The van der Waals surface area contributed by atoms with E-state index in [-0.39, 0.29) is 10.8 Å². The molecule has 0 unspecified atom stereocenters. The summed E-state index contributed by atoms with van der Waals surface area (Å²) in [6.07, 6.45) is 1.18. The highest BCUT2D eigenvalue weighted by Crippen LogP contribution is 2.32. The van der Waals surface area contributed by atoms with Gasteiger partial charge in [-0.3, -0.25) is 35.1 Å². The summed E-state index contributed by atoms with van der Waals surface area (Å²) in [6.45, 7) is 0. The third-order valence-corrected chi connectivity index (χ3v) is 5.70. The van der Waals surface area contributed by atoms with Crippen LogP contribution in [0.1, 0.15) is 15.9 Å². The number of fused-ring (bicyclic) bond motifs is 1. The second-order valence-corrected chi connectivity index (χ2v) is 8.08. The largest absolute Gasteiger partial charge is 0.281 e. The van der Waals surface area contributed by atoms with E-state index in [1.165, 1.54) is 48.7 Å². The van der Waals surface area contributed by atoms with E-state index in [4.69, 9.17) is 0 Å². The van der Waals surface area contributed by atoms with Crippen molar-refractivity contribution in [2.24, 2.45) is 5.10 Å². The van der Waals surface area contributed by atoms with Crippen LogP contribution in [0.4, 0.5) is 26.6 Å². The number of amides is 1. The number of aromatic nitrogens is 1. The van der Waals surface area contributed by atoms with Gasteiger partial charge in [-0.1, -0.05) is 11.3 Å². The summed E-state index contributed by atoms with van der Waals surface area (Å²) >= 11 is 0.888. The molecule has 36 heavy (non-hydrogen) atoms. The Kier molecular flexibility index (Phi) is 6.38. The molecule has 0 saturated heterocycles. The summed E-state index contributed by atoms with van der Waals surface area (Å²) in [5.41, 5.74) is -1.25. The van der Waals surface area contributed by atoms with Crippen molar-refractivity contribution in [1.82, 2.24) is 4.98 Å². The number of nitro groups is 3. The Morgan fingerprint density at radius 3 is 2.08 bits per heavy atom. The molecule has 3 aromatic carbocycles. The van der Waals surface area contributed by atoms with Gasteiger partial charge in [0.15, 0.2) is 0 Å². The molecule has 0 N–H and O–H groups in total. The van der Waals surface area contributed by atoms with E-state index in [0.717, 1.165) is 28.5 Å². The number of non-ortho nitro benzene ring substituents is 3. The van der Waals surface area contributed by atoms with E-state index in [0.29, 0.717) is 21.8 Å². The molecule has 0 radical (unpaired) electrons. The first-order valence-corrected chi connectivity index (χ1v) is 10.6. The smallest absolute Gasteiger partial charge is 0.267 e. The third-order valence-electron chi connectivity index (χ3n) is 4.71. The summed E-state index contributed by atoms with van der Waals surface area (Å²) in [5, 5.41) is 38.2. The second kappa shape index (κ2) is 9.59. The van der Waals surface area contributed by atoms with E-state index in [1.807, 2.05) is 0 Å². The van der Waals surface area contributed by atoms with E-state index < -0.39 is 43.4 Å². The standard InChI is InChI=1S/C21H11FN6O7S/c22-14-3-6-18-19(9-14)36-21(24-18)25(23-11-12-1-4-15(5-2-12)26(30)31)20(29)13-7-16(27(32)33)10-17(8-13)28(34)35/h1-11H/b23-11+. The minimum absolute atomic E-state index is 0.0482. The monoisotopic (exact) mass is 510 g/mol. The van der Waals surface area contributed by atoms with Crippen molar-refractivity contribution in [3.05, 3.63) is 108 Å². The fraction of sp³-hybridized carbons (Fsp3) is 0. The molecule has 1 amide bonds. The van der Waals surface area contributed by atoms with Crippen LogP contribution >= 0.6 is 11.3 Å². The summed E-state index contributed by atoms with van der Waals surface area (Å²) in [6, 6.07) is 11.3. The van der Waals surface area contributed by atoms with Gasteiger partial charge in [-0.05, 0) is 35.9 Å². The number of hydrogen-bond donors (Lipinski definition) is 0. The van der Waals surface area contributed by atoms with Crippen LogP contribution in [0.3, 0.4) is 0 Å². The second-order valence-electron chi connectivity index (χ2n) is 7.07. The van der Waals surface area contributed by atoms with Gasteiger partial charge in [-0.2, -0.15) is 10.1 Å². The molecule has 15 heteroatoms. The number of anilines is 1. The Morgan fingerprint density at radius 2 is 1.50 bits per heavy atom. The highest BCUT2D eigenvalue weighted by molar-refractivity contribution is 7.22. The average molecular weight is 510 g/mol. The number of nitro benzene ring substituents is 3. The van der Waals surface area contributed by atoms with E-state index in [1.54, 1.807) is 0 Å². The Balaban J connectivity index is 1.81. The quantitative estimate of drug-likeness (QED) is 0.193. The first-order chi connectivity index (χ1) is 17.1. The zero-order valence-corrected chi connectivity index (χ0v) is 18.5. The minimum atomic E-state index is -0.987.